The number of phenols is 2. The maximum absolute atomic E-state index is 9.09. The molecule has 6 N–H and O–H groups in total. The van der Waals surface area contributed by atoms with Gasteiger partial charge < -0.3 is 30.6 Å². The minimum atomic E-state index is -2.17. The molecule has 78 valence electrons. The van der Waals surface area contributed by atoms with Gasteiger partial charge in [-0.05, 0) is 12.1 Å². The Balaban J connectivity index is 0.000000364. The molecule has 0 saturated carbocycles. The number of benzene rings is 1. The van der Waals surface area contributed by atoms with Gasteiger partial charge in [-0.3, -0.25) is 0 Å². The molecule has 0 bridgehead atoms. The summed E-state index contributed by atoms with van der Waals surface area (Å²) in [6.07, 6.45) is 0. The number of phenolic OH excluding ortho intramolecular Hbond substituents is 2. The fraction of sp³-hybridized carbons (Fsp3) is 0.143. The monoisotopic (exact) mass is 201 g/mol. The smallest absolute Gasteiger partial charge is 0.504 e. The van der Waals surface area contributed by atoms with Crippen LogP contribution in [0.25, 0.3) is 0 Å². The van der Waals surface area contributed by atoms with Gasteiger partial charge in [-0.2, -0.15) is 0 Å². The molecule has 1 aromatic carbocycles. The van der Waals surface area contributed by atoms with Crippen molar-refractivity contribution < 1.29 is 25.3 Å². The lowest BCUT2D eigenvalue weighted by atomic mass is 10.3. The Bertz CT molecular complexity index is 278. The van der Waals surface area contributed by atoms with Crippen molar-refractivity contribution in [3.05, 3.63) is 18.2 Å². The van der Waals surface area contributed by atoms with Crippen molar-refractivity contribution in [3.63, 3.8) is 0 Å². The predicted molar refractivity (Wildman–Crippen MR) is 51.7 cm³/mol. The number of para-hydroxylation sites is 1. The van der Waals surface area contributed by atoms with Crippen molar-refractivity contribution >= 4 is 13.0 Å². The first-order chi connectivity index (χ1) is 6.49. The van der Waals surface area contributed by atoms with Crippen LogP contribution in [0.1, 0.15) is 0 Å². The molecule has 0 amide bonds. The first-order valence-corrected chi connectivity index (χ1v) is 3.72. The molecule has 1 aromatic rings. The Labute approximate surface area is 81.3 Å². The highest BCUT2D eigenvalue weighted by Gasteiger charge is 2.01. The average Bonchev–Trinajstić information content (AvgIpc) is 2.09. The number of hydrogen-bond donors (Lipinski definition) is 6. The van der Waals surface area contributed by atoms with Crippen LogP contribution in [0.2, 0.25) is 0 Å². The van der Waals surface area contributed by atoms with E-state index in [1.54, 1.807) is 19.2 Å². The van der Waals surface area contributed by atoms with Gasteiger partial charge in [-0.1, -0.05) is 6.07 Å². The summed E-state index contributed by atoms with van der Waals surface area (Å²) in [6, 6.07) is 4.76. The van der Waals surface area contributed by atoms with Gasteiger partial charge in [0.1, 0.15) is 0 Å². The van der Waals surface area contributed by atoms with Crippen LogP contribution in [-0.4, -0.2) is 39.7 Å². The fourth-order valence-electron chi connectivity index (χ4n) is 0.733. The number of hydrogen-bond acceptors (Lipinski definition) is 6. The van der Waals surface area contributed by atoms with E-state index < -0.39 is 7.32 Å². The van der Waals surface area contributed by atoms with Gasteiger partial charge in [0.15, 0.2) is 11.5 Å². The summed E-state index contributed by atoms with van der Waals surface area (Å²) < 4.78 is 0. The van der Waals surface area contributed by atoms with Crippen LogP contribution in [0.15, 0.2) is 18.2 Å². The third-order valence-electron chi connectivity index (χ3n) is 1.28. The predicted octanol–water partition coefficient (Wildman–Crippen LogP) is -0.912. The van der Waals surface area contributed by atoms with Crippen LogP contribution in [0, 0.1) is 0 Å². The summed E-state index contributed by atoms with van der Waals surface area (Å²) in [5.74, 6) is -0.211. The number of anilines is 1. The number of aromatic hydroxyl groups is 2. The molecule has 1 rings (SSSR count). The molecule has 0 aliphatic carbocycles. The van der Waals surface area contributed by atoms with Gasteiger partial charge in [-0.15, -0.1) is 0 Å². The van der Waals surface area contributed by atoms with E-state index in [1.165, 1.54) is 6.07 Å². The van der Waals surface area contributed by atoms with Gasteiger partial charge in [0.25, 0.3) is 0 Å². The maximum Gasteiger partial charge on any atom is 0.631 e. The second-order valence-corrected chi connectivity index (χ2v) is 2.27. The molecular weight excluding hydrogens is 189 g/mol. The summed E-state index contributed by atoms with van der Waals surface area (Å²) in [5.41, 5.74) is 0.528. The Hall–Kier alpha value is -1.44. The van der Waals surface area contributed by atoms with E-state index in [4.69, 9.17) is 25.3 Å². The lowest BCUT2D eigenvalue weighted by Crippen LogP contribution is -2.07. The van der Waals surface area contributed by atoms with Crippen molar-refractivity contribution in [1.29, 1.82) is 0 Å². The molecule has 7 heteroatoms. The minimum absolute atomic E-state index is 0.105. The van der Waals surface area contributed by atoms with Gasteiger partial charge in [0, 0.05) is 7.05 Å². The highest BCUT2D eigenvalue weighted by atomic mass is 16.5. The Morgan fingerprint density at radius 2 is 1.64 bits per heavy atom. The third-order valence-corrected chi connectivity index (χ3v) is 1.28. The summed E-state index contributed by atoms with van der Waals surface area (Å²) in [4.78, 5) is 0. The lowest BCUT2D eigenvalue weighted by Gasteiger charge is -2.03. The zero-order valence-electron chi connectivity index (χ0n) is 7.55. The Morgan fingerprint density at radius 1 is 1.14 bits per heavy atom. The largest absolute Gasteiger partial charge is 0.631 e. The van der Waals surface area contributed by atoms with Crippen LogP contribution in [0.5, 0.6) is 11.5 Å². The average molecular weight is 201 g/mol. The molecule has 0 aromatic heterocycles. The topological polar surface area (TPSA) is 113 Å². The van der Waals surface area contributed by atoms with Crippen LogP contribution >= 0.6 is 0 Å². The van der Waals surface area contributed by atoms with Crippen molar-refractivity contribution in [2.24, 2.45) is 0 Å². The van der Waals surface area contributed by atoms with E-state index >= 15 is 0 Å². The van der Waals surface area contributed by atoms with Crippen LogP contribution in [-0.2, 0) is 0 Å². The van der Waals surface area contributed by atoms with Crippen molar-refractivity contribution in [1.82, 2.24) is 0 Å². The van der Waals surface area contributed by atoms with Crippen LogP contribution < -0.4 is 5.32 Å². The van der Waals surface area contributed by atoms with Crippen molar-refractivity contribution in [2.75, 3.05) is 12.4 Å². The Morgan fingerprint density at radius 3 is 2.00 bits per heavy atom. The fourth-order valence-corrected chi connectivity index (χ4v) is 0.733. The number of nitrogens with one attached hydrogen (secondary N) is 1. The Kier molecular flexibility index (Phi) is 5.46. The van der Waals surface area contributed by atoms with E-state index in [0.717, 1.165) is 0 Å². The molecular formula is C7H12BNO5. The molecule has 0 heterocycles. The van der Waals surface area contributed by atoms with Gasteiger partial charge in [0.05, 0.1) is 5.69 Å². The normalized spacial score (nSPS) is 8.57. The molecule has 0 unspecified atom stereocenters. The summed E-state index contributed by atoms with van der Waals surface area (Å²) >= 11 is 0. The van der Waals surface area contributed by atoms with E-state index in [1.807, 2.05) is 0 Å². The first kappa shape index (κ1) is 12.6. The highest BCUT2D eigenvalue weighted by Crippen LogP contribution is 2.31. The molecule has 0 aliphatic heterocycles. The van der Waals surface area contributed by atoms with Crippen LogP contribution in [0.3, 0.4) is 0 Å². The highest BCUT2D eigenvalue weighted by molar-refractivity contribution is 6.30. The van der Waals surface area contributed by atoms with Gasteiger partial charge in [0.2, 0.25) is 0 Å². The molecule has 0 spiro atoms. The zero-order chi connectivity index (χ0) is 11.1. The number of rotatable bonds is 1. The second-order valence-electron chi connectivity index (χ2n) is 2.27. The van der Waals surface area contributed by atoms with E-state index in [2.05, 4.69) is 5.32 Å². The SMILES string of the molecule is CNc1cccc(O)c1O.OB(O)O. The third kappa shape index (κ3) is 4.56. The maximum atomic E-state index is 9.09. The first-order valence-electron chi connectivity index (χ1n) is 3.72. The molecule has 0 aliphatic rings. The van der Waals surface area contributed by atoms with Crippen molar-refractivity contribution in [3.8, 4) is 11.5 Å². The second kappa shape index (κ2) is 6.08. The molecule has 14 heavy (non-hydrogen) atoms. The molecule has 0 fully saturated rings. The zero-order valence-corrected chi connectivity index (χ0v) is 7.55. The molecule has 0 atom stereocenters. The summed E-state index contributed by atoms with van der Waals surface area (Å²) in [6.45, 7) is 0. The van der Waals surface area contributed by atoms with E-state index in [-0.39, 0.29) is 11.5 Å². The van der Waals surface area contributed by atoms with E-state index in [0.29, 0.717) is 5.69 Å². The van der Waals surface area contributed by atoms with Crippen molar-refractivity contribution in [2.45, 2.75) is 0 Å². The quantitative estimate of drug-likeness (QED) is 0.259. The van der Waals surface area contributed by atoms with Crippen LogP contribution in [0.4, 0.5) is 5.69 Å². The minimum Gasteiger partial charge on any atom is -0.504 e. The molecule has 0 radical (unpaired) electrons. The lowest BCUT2D eigenvalue weighted by molar-refractivity contribution is 0.278. The molecule has 6 nitrogen and oxygen atoms in total. The standard InChI is InChI=1S/C7H9NO2.BH3O3/c1-8-5-3-2-4-6(9)7(5)10;2-1(3)4/h2-4,8-10H,1H3;2-4H. The summed E-state index contributed by atoms with van der Waals surface area (Å²) in [5, 5.41) is 42.3. The summed E-state index contributed by atoms with van der Waals surface area (Å²) in [7, 11) is -0.492. The molecule has 0 saturated heterocycles. The van der Waals surface area contributed by atoms with E-state index in [9.17, 15) is 0 Å². The van der Waals surface area contributed by atoms with Gasteiger partial charge in [-0.25, -0.2) is 0 Å². The van der Waals surface area contributed by atoms with Gasteiger partial charge >= 0.3 is 7.32 Å².